The second-order valence-corrected chi connectivity index (χ2v) is 4.32. The molecule has 0 aromatic heterocycles. The van der Waals surface area contributed by atoms with Gasteiger partial charge in [-0.3, -0.25) is 4.79 Å². The summed E-state index contributed by atoms with van der Waals surface area (Å²) >= 11 is 5.85. The van der Waals surface area contributed by atoms with Crippen molar-refractivity contribution in [2.75, 3.05) is 13.2 Å². The van der Waals surface area contributed by atoms with E-state index in [2.05, 4.69) is 0 Å². The average molecular weight is 244 g/mol. The number of carbonyl (C=O) groups excluding carboxylic acids is 1. The van der Waals surface area contributed by atoms with Gasteiger partial charge in [-0.1, -0.05) is 11.6 Å². The van der Waals surface area contributed by atoms with Crippen molar-refractivity contribution < 1.29 is 13.9 Å². The van der Waals surface area contributed by atoms with Gasteiger partial charge in [-0.2, -0.15) is 0 Å². The molecule has 0 radical (unpaired) electrons. The fourth-order valence-electron chi connectivity index (χ4n) is 1.70. The van der Waals surface area contributed by atoms with Gasteiger partial charge in [0.15, 0.2) is 5.78 Å². The first-order valence-corrected chi connectivity index (χ1v) is 5.27. The van der Waals surface area contributed by atoms with Gasteiger partial charge in [0.1, 0.15) is 11.4 Å². The highest BCUT2D eigenvalue weighted by molar-refractivity contribution is 6.34. The zero-order valence-corrected chi connectivity index (χ0v) is 9.26. The van der Waals surface area contributed by atoms with Crippen molar-refractivity contribution >= 4 is 17.4 Å². The molecule has 5 heteroatoms. The fourth-order valence-corrected chi connectivity index (χ4v) is 1.90. The lowest BCUT2D eigenvalue weighted by Gasteiger charge is -2.20. The van der Waals surface area contributed by atoms with Crippen molar-refractivity contribution in [1.29, 1.82) is 0 Å². The third-order valence-electron chi connectivity index (χ3n) is 2.68. The maximum absolute atomic E-state index is 13.0. The van der Waals surface area contributed by atoms with Crippen molar-refractivity contribution in [3.05, 3.63) is 34.6 Å². The molecule has 1 aliphatic heterocycles. The second kappa shape index (κ2) is 4.13. The van der Waals surface area contributed by atoms with Gasteiger partial charge >= 0.3 is 0 Å². The van der Waals surface area contributed by atoms with Gasteiger partial charge in [-0.25, -0.2) is 4.39 Å². The number of carbonyl (C=O) groups is 1. The molecule has 0 saturated carbocycles. The van der Waals surface area contributed by atoms with Crippen molar-refractivity contribution in [3.8, 4) is 0 Å². The predicted octanol–water partition coefficient (Wildman–Crippen LogP) is 1.78. The van der Waals surface area contributed by atoms with Crippen molar-refractivity contribution in [2.45, 2.75) is 12.0 Å². The first-order chi connectivity index (χ1) is 7.53. The molecule has 3 nitrogen and oxygen atoms in total. The number of Topliss-reactive ketones (excluding diaryl/α,β-unsaturated/α-hetero) is 1. The molecule has 0 bridgehead atoms. The number of hydrogen-bond acceptors (Lipinski definition) is 3. The van der Waals surface area contributed by atoms with Crippen LogP contribution in [0.5, 0.6) is 0 Å². The van der Waals surface area contributed by atoms with Gasteiger partial charge in [-0.05, 0) is 24.6 Å². The minimum Gasteiger partial charge on any atom is -0.379 e. The fraction of sp³-hybridized carbons (Fsp3) is 0.364. The lowest BCUT2D eigenvalue weighted by molar-refractivity contribution is 0.0862. The lowest BCUT2D eigenvalue weighted by Crippen LogP contribution is -2.48. The summed E-state index contributed by atoms with van der Waals surface area (Å²) in [5.74, 6) is -0.871. The van der Waals surface area contributed by atoms with E-state index < -0.39 is 11.4 Å². The Bertz CT molecular complexity index is 430. The molecular formula is C11H11ClFNO2. The summed E-state index contributed by atoms with van der Waals surface area (Å²) in [6, 6.07) is 3.66. The lowest BCUT2D eigenvalue weighted by atomic mass is 9.89. The molecule has 1 saturated heterocycles. The van der Waals surface area contributed by atoms with Crippen LogP contribution in [-0.4, -0.2) is 24.5 Å². The first-order valence-electron chi connectivity index (χ1n) is 4.89. The Morgan fingerprint density at radius 3 is 2.94 bits per heavy atom. The Balaban J connectivity index is 2.36. The number of halogens is 2. The zero-order valence-electron chi connectivity index (χ0n) is 8.50. The number of hydrogen-bond donors (Lipinski definition) is 1. The average Bonchev–Trinajstić information content (AvgIpc) is 2.69. The topological polar surface area (TPSA) is 52.3 Å². The van der Waals surface area contributed by atoms with E-state index in [0.717, 1.165) is 6.07 Å². The molecule has 1 aromatic carbocycles. The normalized spacial score (nSPS) is 24.7. The van der Waals surface area contributed by atoms with Crippen LogP contribution in [-0.2, 0) is 4.74 Å². The highest BCUT2D eigenvalue weighted by Crippen LogP contribution is 2.26. The molecule has 0 spiro atoms. The molecule has 1 fully saturated rings. The Kier molecular flexibility index (Phi) is 2.97. The summed E-state index contributed by atoms with van der Waals surface area (Å²) in [6.07, 6.45) is 0.429. The second-order valence-electron chi connectivity index (χ2n) is 3.91. The van der Waals surface area contributed by atoms with Crippen LogP contribution in [0.3, 0.4) is 0 Å². The molecular weight excluding hydrogens is 233 g/mol. The molecule has 1 aromatic rings. The zero-order chi connectivity index (χ0) is 11.8. The van der Waals surface area contributed by atoms with E-state index in [4.69, 9.17) is 22.1 Å². The molecule has 0 amide bonds. The van der Waals surface area contributed by atoms with E-state index in [1.807, 2.05) is 0 Å². The molecule has 1 unspecified atom stereocenters. The molecule has 0 aliphatic carbocycles. The standard InChI is InChI=1S/C11H11ClFNO2/c12-9-2-1-7(13)5-8(9)10(15)11(14)3-4-16-6-11/h1-2,5H,3-4,6,14H2. The predicted molar refractivity (Wildman–Crippen MR) is 58.1 cm³/mol. The molecule has 2 rings (SSSR count). The van der Waals surface area contributed by atoms with Gasteiger partial charge in [-0.15, -0.1) is 0 Å². The van der Waals surface area contributed by atoms with Crippen molar-refractivity contribution in [3.63, 3.8) is 0 Å². The number of ether oxygens (including phenoxy) is 1. The Morgan fingerprint density at radius 2 is 2.31 bits per heavy atom. The minimum atomic E-state index is -1.07. The number of benzene rings is 1. The molecule has 1 atom stereocenters. The summed E-state index contributed by atoms with van der Waals surface area (Å²) in [4.78, 5) is 12.1. The summed E-state index contributed by atoms with van der Waals surface area (Å²) in [6.45, 7) is 0.591. The van der Waals surface area contributed by atoms with E-state index in [0.29, 0.717) is 13.0 Å². The number of ketones is 1. The van der Waals surface area contributed by atoms with E-state index in [-0.39, 0.29) is 23.0 Å². The Labute approximate surface area is 97.3 Å². The smallest absolute Gasteiger partial charge is 0.186 e. The van der Waals surface area contributed by atoms with Gasteiger partial charge in [0, 0.05) is 12.2 Å². The van der Waals surface area contributed by atoms with Gasteiger partial charge in [0.05, 0.1) is 11.6 Å². The number of rotatable bonds is 2. The van der Waals surface area contributed by atoms with Crippen LogP contribution in [0.4, 0.5) is 4.39 Å². The van der Waals surface area contributed by atoms with Crippen LogP contribution in [0.1, 0.15) is 16.8 Å². The van der Waals surface area contributed by atoms with E-state index in [9.17, 15) is 9.18 Å². The molecule has 2 N–H and O–H groups in total. The van der Waals surface area contributed by atoms with Crippen LogP contribution in [0.25, 0.3) is 0 Å². The molecule has 1 heterocycles. The van der Waals surface area contributed by atoms with E-state index >= 15 is 0 Å². The minimum absolute atomic E-state index is 0.120. The SMILES string of the molecule is NC1(C(=O)c2cc(F)ccc2Cl)CCOC1. The number of nitrogens with two attached hydrogens (primary N) is 1. The van der Waals surface area contributed by atoms with Crippen LogP contribution in [0, 0.1) is 5.82 Å². The summed E-state index contributed by atoms with van der Waals surface area (Å²) in [5, 5.41) is 0.211. The van der Waals surface area contributed by atoms with E-state index in [1.54, 1.807) is 0 Å². The van der Waals surface area contributed by atoms with Crippen LogP contribution >= 0.6 is 11.6 Å². The quantitative estimate of drug-likeness (QED) is 0.806. The summed E-state index contributed by atoms with van der Waals surface area (Å²) in [7, 11) is 0. The first kappa shape index (κ1) is 11.5. The van der Waals surface area contributed by atoms with Gasteiger partial charge < -0.3 is 10.5 Å². The Hall–Kier alpha value is -0.970. The van der Waals surface area contributed by atoms with Gasteiger partial charge in [0.25, 0.3) is 0 Å². The molecule has 16 heavy (non-hydrogen) atoms. The monoisotopic (exact) mass is 243 g/mol. The van der Waals surface area contributed by atoms with Crippen LogP contribution in [0.15, 0.2) is 18.2 Å². The molecule has 1 aliphatic rings. The molecule has 86 valence electrons. The maximum Gasteiger partial charge on any atom is 0.186 e. The van der Waals surface area contributed by atoms with Gasteiger partial charge in [0.2, 0.25) is 0 Å². The third-order valence-corrected chi connectivity index (χ3v) is 3.01. The Morgan fingerprint density at radius 1 is 1.56 bits per heavy atom. The van der Waals surface area contributed by atoms with E-state index in [1.165, 1.54) is 12.1 Å². The highest BCUT2D eigenvalue weighted by Gasteiger charge is 2.39. The maximum atomic E-state index is 13.0. The summed E-state index contributed by atoms with van der Waals surface area (Å²) < 4.78 is 18.1. The van der Waals surface area contributed by atoms with Crippen LogP contribution in [0.2, 0.25) is 5.02 Å². The highest BCUT2D eigenvalue weighted by atomic mass is 35.5. The summed E-state index contributed by atoms with van der Waals surface area (Å²) in [5.41, 5.74) is 4.95. The largest absolute Gasteiger partial charge is 0.379 e. The third kappa shape index (κ3) is 1.96. The van der Waals surface area contributed by atoms with Crippen molar-refractivity contribution in [2.24, 2.45) is 5.73 Å². The van der Waals surface area contributed by atoms with Crippen LogP contribution < -0.4 is 5.73 Å². The van der Waals surface area contributed by atoms with Crippen molar-refractivity contribution in [1.82, 2.24) is 0 Å².